The van der Waals surface area contributed by atoms with Gasteiger partial charge in [-0.1, -0.05) is 0 Å². The Morgan fingerprint density at radius 2 is 2.17 bits per heavy atom. The number of anilines is 2. The number of carbonyl (C=O) groups excluding carboxylic acids is 1. The Balaban J connectivity index is 2.18. The lowest BCUT2D eigenvalue weighted by molar-refractivity contribution is -0.138. The third-order valence-electron chi connectivity index (χ3n) is 2.70. The molecular formula is C12H14N2O4. The smallest absolute Gasteiger partial charge is 0.303 e. The summed E-state index contributed by atoms with van der Waals surface area (Å²) in [6.45, 7) is 0.810. The maximum absolute atomic E-state index is 11.9. The fourth-order valence-corrected chi connectivity index (χ4v) is 1.84. The molecule has 1 heterocycles. The van der Waals surface area contributed by atoms with Gasteiger partial charge in [0.05, 0.1) is 18.7 Å². The summed E-state index contributed by atoms with van der Waals surface area (Å²) in [5.74, 6) is -0.615. The van der Waals surface area contributed by atoms with Crippen LogP contribution >= 0.6 is 0 Å². The number of nitrogen functional groups attached to an aromatic ring is 1. The Labute approximate surface area is 104 Å². The average Bonchev–Trinajstić information content (AvgIpc) is 2.35. The molecule has 6 nitrogen and oxygen atoms in total. The Kier molecular flexibility index (Phi) is 3.36. The van der Waals surface area contributed by atoms with Gasteiger partial charge in [0.15, 0.2) is 0 Å². The summed E-state index contributed by atoms with van der Waals surface area (Å²) in [7, 11) is 0. The third-order valence-corrected chi connectivity index (χ3v) is 2.70. The molecule has 3 N–H and O–H groups in total. The highest BCUT2D eigenvalue weighted by Gasteiger charge is 2.23. The molecule has 1 aliphatic rings. The zero-order valence-corrected chi connectivity index (χ0v) is 9.76. The van der Waals surface area contributed by atoms with Gasteiger partial charge in [-0.15, -0.1) is 0 Å². The molecule has 1 amide bonds. The molecule has 1 aromatic rings. The van der Waals surface area contributed by atoms with E-state index in [1.165, 1.54) is 4.90 Å². The molecule has 0 fully saturated rings. The number of nitrogens with zero attached hydrogens (tertiary/aromatic N) is 1. The van der Waals surface area contributed by atoms with Crippen molar-refractivity contribution in [2.75, 3.05) is 23.8 Å². The van der Waals surface area contributed by atoms with Gasteiger partial charge in [-0.2, -0.15) is 0 Å². The first kappa shape index (κ1) is 12.2. The molecule has 0 aliphatic carbocycles. The summed E-state index contributed by atoms with van der Waals surface area (Å²) >= 11 is 0. The molecule has 0 radical (unpaired) electrons. The Hall–Kier alpha value is -2.24. The number of fused-ring (bicyclic) bond motifs is 1. The first-order chi connectivity index (χ1) is 8.58. The van der Waals surface area contributed by atoms with Gasteiger partial charge in [-0.05, 0) is 18.2 Å². The molecule has 0 aromatic heterocycles. The van der Waals surface area contributed by atoms with E-state index in [-0.39, 0.29) is 18.7 Å². The summed E-state index contributed by atoms with van der Waals surface area (Å²) in [6, 6.07) is 5.07. The van der Waals surface area contributed by atoms with Gasteiger partial charge in [0.25, 0.3) is 0 Å². The second kappa shape index (κ2) is 4.95. The first-order valence-corrected chi connectivity index (χ1v) is 5.62. The van der Waals surface area contributed by atoms with E-state index < -0.39 is 5.97 Å². The van der Waals surface area contributed by atoms with E-state index in [1.54, 1.807) is 18.2 Å². The van der Waals surface area contributed by atoms with Gasteiger partial charge in [-0.3, -0.25) is 9.59 Å². The molecule has 96 valence electrons. The molecule has 2 rings (SSSR count). The number of nitrogens with two attached hydrogens (primary N) is 1. The van der Waals surface area contributed by atoms with E-state index in [1.807, 2.05) is 0 Å². The van der Waals surface area contributed by atoms with Crippen LogP contribution in [0.25, 0.3) is 0 Å². The summed E-state index contributed by atoms with van der Waals surface area (Å²) in [6.07, 6.45) is -0.197. The van der Waals surface area contributed by atoms with Gasteiger partial charge in [-0.25, -0.2) is 0 Å². The van der Waals surface area contributed by atoms with E-state index >= 15 is 0 Å². The zero-order chi connectivity index (χ0) is 13.1. The quantitative estimate of drug-likeness (QED) is 0.776. The van der Waals surface area contributed by atoms with Crippen molar-refractivity contribution in [2.45, 2.75) is 12.8 Å². The van der Waals surface area contributed by atoms with Gasteiger partial charge >= 0.3 is 5.97 Å². The molecule has 0 atom stereocenters. The van der Waals surface area contributed by atoms with Crippen molar-refractivity contribution < 1.29 is 19.4 Å². The Morgan fingerprint density at radius 3 is 2.89 bits per heavy atom. The van der Waals surface area contributed by atoms with Crippen LogP contribution in [-0.4, -0.2) is 30.1 Å². The van der Waals surface area contributed by atoms with E-state index in [0.29, 0.717) is 30.3 Å². The maximum atomic E-state index is 11.9. The number of carboxylic acid groups (broad SMARTS) is 1. The zero-order valence-electron chi connectivity index (χ0n) is 9.76. The molecule has 0 saturated heterocycles. The number of ether oxygens (including phenoxy) is 1. The fraction of sp³-hybridized carbons (Fsp3) is 0.333. The number of carboxylic acids is 1. The van der Waals surface area contributed by atoms with Crippen molar-refractivity contribution in [3.63, 3.8) is 0 Å². The van der Waals surface area contributed by atoms with E-state index in [9.17, 15) is 9.59 Å². The topological polar surface area (TPSA) is 92.9 Å². The largest absolute Gasteiger partial charge is 0.490 e. The third kappa shape index (κ3) is 2.53. The normalized spacial score (nSPS) is 13.7. The lowest BCUT2D eigenvalue weighted by atomic mass is 10.2. The highest BCUT2D eigenvalue weighted by atomic mass is 16.5. The van der Waals surface area contributed by atoms with Gasteiger partial charge in [0, 0.05) is 12.1 Å². The molecule has 0 bridgehead atoms. The highest BCUT2D eigenvalue weighted by molar-refractivity contribution is 5.97. The molecule has 0 saturated carbocycles. The number of aliphatic carboxylic acids is 1. The van der Waals surface area contributed by atoms with Crippen LogP contribution in [0.5, 0.6) is 5.75 Å². The van der Waals surface area contributed by atoms with Gasteiger partial charge in [0.1, 0.15) is 12.4 Å². The van der Waals surface area contributed by atoms with Crippen LogP contribution in [0.15, 0.2) is 18.2 Å². The van der Waals surface area contributed by atoms with Crippen molar-refractivity contribution in [1.29, 1.82) is 0 Å². The molecule has 1 aromatic carbocycles. The van der Waals surface area contributed by atoms with Gasteiger partial charge < -0.3 is 20.5 Å². The predicted molar refractivity (Wildman–Crippen MR) is 65.6 cm³/mol. The van der Waals surface area contributed by atoms with E-state index in [4.69, 9.17) is 15.6 Å². The lowest BCUT2D eigenvalue weighted by Crippen LogP contribution is -2.38. The monoisotopic (exact) mass is 250 g/mol. The minimum absolute atomic E-state index is 0.0242. The van der Waals surface area contributed by atoms with Crippen molar-refractivity contribution >= 4 is 23.3 Å². The average molecular weight is 250 g/mol. The summed E-state index contributed by atoms with van der Waals surface area (Å²) in [5, 5.41) is 8.58. The molecular weight excluding hydrogens is 236 g/mol. The molecule has 6 heteroatoms. The highest BCUT2D eigenvalue weighted by Crippen LogP contribution is 2.33. The number of hydrogen-bond acceptors (Lipinski definition) is 4. The predicted octanol–water partition coefficient (Wildman–Crippen LogP) is 0.859. The standard InChI is InChI=1S/C12H14N2O4/c13-8-1-2-10-9(7-8)14(5-6-18-10)11(15)3-4-12(16)17/h1-2,7H,3-6,13H2,(H,16,17). The van der Waals surface area contributed by atoms with Crippen LogP contribution in [0.2, 0.25) is 0 Å². The number of hydrogen-bond donors (Lipinski definition) is 2. The van der Waals surface area contributed by atoms with Crippen molar-refractivity contribution in [2.24, 2.45) is 0 Å². The Morgan fingerprint density at radius 1 is 1.39 bits per heavy atom. The van der Waals surface area contributed by atoms with Crippen LogP contribution < -0.4 is 15.4 Å². The van der Waals surface area contributed by atoms with Crippen LogP contribution in [0.3, 0.4) is 0 Å². The number of carbonyl (C=O) groups is 2. The minimum atomic E-state index is -0.982. The summed E-state index contributed by atoms with van der Waals surface area (Å²) < 4.78 is 5.42. The van der Waals surface area contributed by atoms with E-state index in [0.717, 1.165) is 0 Å². The van der Waals surface area contributed by atoms with Crippen LogP contribution in [0, 0.1) is 0 Å². The van der Waals surface area contributed by atoms with E-state index in [2.05, 4.69) is 0 Å². The minimum Gasteiger partial charge on any atom is -0.490 e. The van der Waals surface area contributed by atoms with Gasteiger partial charge in [0.2, 0.25) is 5.91 Å². The van der Waals surface area contributed by atoms with Crippen LogP contribution in [0.4, 0.5) is 11.4 Å². The number of amides is 1. The fourth-order valence-electron chi connectivity index (χ4n) is 1.84. The Bertz CT molecular complexity index is 487. The second-order valence-electron chi connectivity index (χ2n) is 4.01. The summed E-state index contributed by atoms with van der Waals surface area (Å²) in [4.78, 5) is 23.9. The summed E-state index contributed by atoms with van der Waals surface area (Å²) in [5.41, 5.74) is 6.82. The number of rotatable bonds is 3. The molecule has 0 spiro atoms. The van der Waals surface area contributed by atoms with Crippen molar-refractivity contribution in [3.8, 4) is 5.75 Å². The molecule has 18 heavy (non-hydrogen) atoms. The lowest BCUT2D eigenvalue weighted by Gasteiger charge is -2.29. The second-order valence-corrected chi connectivity index (χ2v) is 4.01. The maximum Gasteiger partial charge on any atom is 0.303 e. The van der Waals surface area contributed by atoms with Crippen molar-refractivity contribution in [3.05, 3.63) is 18.2 Å². The first-order valence-electron chi connectivity index (χ1n) is 5.62. The molecule has 1 aliphatic heterocycles. The molecule has 0 unspecified atom stereocenters. The number of benzene rings is 1. The van der Waals surface area contributed by atoms with Crippen LogP contribution in [-0.2, 0) is 9.59 Å². The van der Waals surface area contributed by atoms with Crippen molar-refractivity contribution in [1.82, 2.24) is 0 Å². The van der Waals surface area contributed by atoms with Crippen LogP contribution in [0.1, 0.15) is 12.8 Å². The SMILES string of the molecule is Nc1ccc2c(c1)N(C(=O)CCC(=O)O)CCO2.